The minimum atomic E-state index is -3.21. The van der Waals surface area contributed by atoms with Gasteiger partial charge in [0.1, 0.15) is 0 Å². The lowest BCUT2D eigenvalue weighted by Crippen LogP contribution is -2.33. The van der Waals surface area contributed by atoms with E-state index >= 15 is 0 Å². The maximum absolute atomic E-state index is 12.3. The first-order chi connectivity index (χ1) is 9.49. The summed E-state index contributed by atoms with van der Waals surface area (Å²) in [4.78, 5) is 4.37. The number of nitrogens with zero attached hydrogens (tertiary/aromatic N) is 2. The van der Waals surface area contributed by atoms with E-state index in [0.717, 1.165) is 24.5 Å². The van der Waals surface area contributed by atoms with Crippen LogP contribution in [0.2, 0.25) is 0 Å². The van der Waals surface area contributed by atoms with E-state index < -0.39 is 10.0 Å². The summed E-state index contributed by atoms with van der Waals surface area (Å²) in [6.45, 7) is 8.19. The third-order valence-corrected chi connectivity index (χ3v) is 5.01. The average Bonchev–Trinajstić information content (AvgIpc) is 2.41. The van der Waals surface area contributed by atoms with E-state index in [-0.39, 0.29) is 5.75 Å². The Morgan fingerprint density at radius 1 is 1.30 bits per heavy atom. The van der Waals surface area contributed by atoms with Crippen LogP contribution in [0.25, 0.3) is 0 Å². The minimum absolute atomic E-state index is 0.180. The molecule has 5 nitrogen and oxygen atoms in total. The van der Waals surface area contributed by atoms with Gasteiger partial charge < -0.3 is 5.32 Å². The maximum atomic E-state index is 12.3. The van der Waals surface area contributed by atoms with Crippen LogP contribution in [0.3, 0.4) is 0 Å². The van der Waals surface area contributed by atoms with Gasteiger partial charge in [0.05, 0.1) is 18.0 Å². The lowest BCUT2D eigenvalue weighted by molar-refractivity contribution is 0.417. The van der Waals surface area contributed by atoms with Gasteiger partial charge in [-0.25, -0.2) is 8.42 Å². The second-order valence-electron chi connectivity index (χ2n) is 4.72. The van der Waals surface area contributed by atoms with Crippen molar-refractivity contribution in [2.24, 2.45) is 0 Å². The highest BCUT2D eigenvalue weighted by Gasteiger charge is 2.20. The Balaban J connectivity index is 2.64. The predicted molar refractivity (Wildman–Crippen MR) is 82.0 cm³/mol. The van der Waals surface area contributed by atoms with Crippen LogP contribution in [0.5, 0.6) is 0 Å². The van der Waals surface area contributed by atoms with Gasteiger partial charge in [0.25, 0.3) is 0 Å². The van der Waals surface area contributed by atoms with Crippen molar-refractivity contribution in [3.63, 3.8) is 0 Å². The van der Waals surface area contributed by atoms with Crippen LogP contribution in [-0.2, 0) is 16.6 Å². The lowest BCUT2D eigenvalue weighted by atomic mass is 10.3. The van der Waals surface area contributed by atoms with Crippen molar-refractivity contribution in [2.75, 3.05) is 25.4 Å². The molecule has 114 valence electrons. The van der Waals surface area contributed by atoms with Crippen LogP contribution in [0, 0.1) is 6.92 Å². The molecule has 0 aliphatic rings. The van der Waals surface area contributed by atoms with Crippen LogP contribution in [0.15, 0.2) is 18.2 Å². The van der Waals surface area contributed by atoms with E-state index in [9.17, 15) is 8.42 Å². The molecule has 0 aliphatic heterocycles. The zero-order valence-electron chi connectivity index (χ0n) is 12.6. The molecule has 0 aliphatic carbocycles. The van der Waals surface area contributed by atoms with Gasteiger partial charge in [-0.15, -0.1) is 0 Å². The maximum Gasteiger partial charge on any atom is 0.214 e. The first kappa shape index (κ1) is 17.1. The Bertz CT molecular complexity index is 503. The molecule has 6 heteroatoms. The van der Waals surface area contributed by atoms with Crippen LogP contribution in [0.1, 0.15) is 31.7 Å². The second-order valence-corrected chi connectivity index (χ2v) is 6.81. The van der Waals surface area contributed by atoms with Crippen molar-refractivity contribution < 1.29 is 8.42 Å². The number of hydrogen-bond donors (Lipinski definition) is 1. The molecule has 1 rings (SSSR count). The van der Waals surface area contributed by atoms with E-state index in [4.69, 9.17) is 0 Å². The smallest absolute Gasteiger partial charge is 0.214 e. The summed E-state index contributed by atoms with van der Waals surface area (Å²) in [5.41, 5.74) is 1.70. The van der Waals surface area contributed by atoms with Crippen LogP contribution in [-0.4, -0.2) is 43.1 Å². The summed E-state index contributed by atoms with van der Waals surface area (Å²) < 4.78 is 26.1. The average molecular weight is 299 g/mol. The molecule has 0 aromatic carbocycles. The molecule has 1 aromatic rings. The molecule has 0 spiro atoms. The van der Waals surface area contributed by atoms with Crippen LogP contribution in [0.4, 0.5) is 0 Å². The molecule has 0 fully saturated rings. The molecule has 1 aromatic heterocycles. The van der Waals surface area contributed by atoms with Gasteiger partial charge in [-0.3, -0.25) is 4.98 Å². The van der Waals surface area contributed by atoms with Crippen molar-refractivity contribution in [1.29, 1.82) is 0 Å². The van der Waals surface area contributed by atoms with E-state index in [2.05, 4.69) is 10.3 Å². The molecule has 0 amide bonds. The highest BCUT2D eigenvalue weighted by Crippen LogP contribution is 2.09. The molecule has 20 heavy (non-hydrogen) atoms. The predicted octanol–water partition coefficient (Wildman–Crippen LogP) is 1.54. The standard InChI is InChI=1S/C14H25N3O2S/c1-4-15-10-7-11-20(18,19)17(5-2)12-14-9-6-8-13(3)16-14/h6,8-9,15H,4-5,7,10-12H2,1-3H3. The summed E-state index contributed by atoms with van der Waals surface area (Å²) in [5.74, 6) is 0.180. The number of rotatable bonds is 9. The van der Waals surface area contributed by atoms with Gasteiger partial charge in [-0.2, -0.15) is 4.31 Å². The van der Waals surface area contributed by atoms with Gasteiger partial charge in [-0.05, 0) is 38.6 Å². The quantitative estimate of drug-likeness (QED) is 0.703. The second kappa shape index (κ2) is 8.34. The Kier molecular flexibility index (Phi) is 7.12. The van der Waals surface area contributed by atoms with Gasteiger partial charge in [0.2, 0.25) is 10.0 Å². The molecule has 0 unspecified atom stereocenters. The van der Waals surface area contributed by atoms with E-state index in [1.54, 1.807) is 0 Å². The van der Waals surface area contributed by atoms with Crippen LogP contribution < -0.4 is 5.32 Å². The van der Waals surface area contributed by atoms with Gasteiger partial charge in [0.15, 0.2) is 0 Å². The molecular formula is C14H25N3O2S. The number of aryl methyl sites for hydroxylation is 1. The first-order valence-corrected chi connectivity index (χ1v) is 8.71. The third kappa shape index (κ3) is 5.56. The topological polar surface area (TPSA) is 62.3 Å². The zero-order chi connectivity index (χ0) is 15.0. The van der Waals surface area contributed by atoms with Crippen molar-refractivity contribution in [3.8, 4) is 0 Å². The normalized spacial score (nSPS) is 12.0. The van der Waals surface area contributed by atoms with E-state index in [0.29, 0.717) is 19.5 Å². The first-order valence-electron chi connectivity index (χ1n) is 7.10. The Labute approximate surface area is 122 Å². The minimum Gasteiger partial charge on any atom is -0.317 e. The summed E-state index contributed by atoms with van der Waals surface area (Å²) in [7, 11) is -3.21. The van der Waals surface area contributed by atoms with Crippen molar-refractivity contribution >= 4 is 10.0 Å². The molecule has 1 heterocycles. The number of sulfonamides is 1. The van der Waals surface area contributed by atoms with E-state index in [1.807, 2.05) is 39.0 Å². The number of aromatic nitrogens is 1. The van der Waals surface area contributed by atoms with Gasteiger partial charge in [-0.1, -0.05) is 19.9 Å². The van der Waals surface area contributed by atoms with Crippen molar-refractivity contribution in [1.82, 2.24) is 14.6 Å². The number of pyridine rings is 1. The largest absolute Gasteiger partial charge is 0.317 e. The Morgan fingerprint density at radius 2 is 2.05 bits per heavy atom. The molecular weight excluding hydrogens is 274 g/mol. The van der Waals surface area contributed by atoms with E-state index in [1.165, 1.54) is 4.31 Å². The number of nitrogens with one attached hydrogen (secondary N) is 1. The lowest BCUT2D eigenvalue weighted by Gasteiger charge is -2.20. The SMILES string of the molecule is CCNCCCS(=O)(=O)N(CC)Cc1cccc(C)n1. The Morgan fingerprint density at radius 3 is 2.65 bits per heavy atom. The number of hydrogen-bond acceptors (Lipinski definition) is 4. The fourth-order valence-corrected chi connectivity index (χ4v) is 3.45. The summed E-state index contributed by atoms with van der Waals surface area (Å²) in [6.07, 6.45) is 0.633. The Hall–Kier alpha value is -0.980. The molecule has 0 saturated heterocycles. The summed E-state index contributed by atoms with van der Waals surface area (Å²) in [5, 5.41) is 3.14. The molecule has 0 atom stereocenters. The monoisotopic (exact) mass is 299 g/mol. The van der Waals surface area contributed by atoms with Gasteiger partial charge in [0, 0.05) is 12.2 Å². The van der Waals surface area contributed by atoms with Crippen LogP contribution >= 0.6 is 0 Å². The fourth-order valence-electron chi connectivity index (χ4n) is 1.96. The third-order valence-electron chi connectivity index (χ3n) is 3.04. The fraction of sp³-hybridized carbons (Fsp3) is 0.643. The van der Waals surface area contributed by atoms with Crippen molar-refractivity contribution in [2.45, 2.75) is 33.7 Å². The molecule has 1 N–H and O–H groups in total. The molecule has 0 bridgehead atoms. The van der Waals surface area contributed by atoms with Gasteiger partial charge >= 0.3 is 0 Å². The highest BCUT2D eigenvalue weighted by molar-refractivity contribution is 7.89. The highest BCUT2D eigenvalue weighted by atomic mass is 32.2. The molecule has 0 radical (unpaired) electrons. The zero-order valence-corrected chi connectivity index (χ0v) is 13.4. The summed E-state index contributed by atoms with van der Waals surface area (Å²) in [6, 6.07) is 5.68. The molecule has 0 saturated carbocycles. The summed E-state index contributed by atoms with van der Waals surface area (Å²) >= 11 is 0. The van der Waals surface area contributed by atoms with Crippen molar-refractivity contribution in [3.05, 3.63) is 29.6 Å².